The standard InChI is InChI=1S/C15H14N4O2S/c1-11-10-12-4-2-3-5-15(12)19(11)22(20,21)14-8-6-13(7-9-14)17-18-16/h2-9,11H,10H2,1H3. The fourth-order valence-electron chi connectivity index (χ4n) is 2.75. The van der Waals surface area contributed by atoms with Gasteiger partial charge in [0.1, 0.15) is 0 Å². The maximum Gasteiger partial charge on any atom is 0.264 e. The van der Waals surface area contributed by atoms with Crippen molar-refractivity contribution >= 4 is 21.4 Å². The Kier molecular flexibility index (Phi) is 3.52. The van der Waals surface area contributed by atoms with Gasteiger partial charge in [-0.25, -0.2) is 8.42 Å². The van der Waals surface area contributed by atoms with Gasteiger partial charge in [0.15, 0.2) is 0 Å². The van der Waals surface area contributed by atoms with Crippen molar-refractivity contribution in [3.63, 3.8) is 0 Å². The smallest absolute Gasteiger partial charge is 0.263 e. The number of azide groups is 1. The molecule has 0 radical (unpaired) electrons. The molecular formula is C15H14N4O2S. The summed E-state index contributed by atoms with van der Waals surface area (Å²) < 4.78 is 27.3. The van der Waals surface area contributed by atoms with Crippen molar-refractivity contribution in [1.82, 2.24) is 0 Å². The molecule has 7 heteroatoms. The molecule has 0 aromatic heterocycles. The lowest BCUT2D eigenvalue weighted by atomic mass is 10.1. The van der Waals surface area contributed by atoms with Gasteiger partial charge in [-0.3, -0.25) is 4.31 Å². The largest absolute Gasteiger partial charge is 0.264 e. The Hall–Kier alpha value is -2.50. The van der Waals surface area contributed by atoms with Crippen LogP contribution in [0.4, 0.5) is 11.4 Å². The van der Waals surface area contributed by atoms with E-state index in [0.29, 0.717) is 12.1 Å². The van der Waals surface area contributed by atoms with E-state index in [-0.39, 0.29) is 10.9 Å². The first-order valence-electron chi connectivity index (χ1n) is 6.81. The zero-order chi connectivity index (χ0) is 15.7. The average molecular weight is 314 g/mol. The van der Waals surface area contributed by atoms with Gasteiger partial charge >= 0.3 is 0 Å². The van der Waals surface area contributed by atoms with E-state index in [4.69, 9.17) is 5.53 Å². The van der Waals surface area contributed by atoms with Crippen molar-refractivity contribution in [2.24, 2.45) is 5.11 Å². The maximum atomic E-state index is 12.9. The number of rotatable bonds is 3. The summed E-state index contributed by atoms with van der Waals surface area (Å²) in [5.74, 6) is 0. The monoisotopic (exact) mass is 314 g/mol. The molecule has 0 fully saturated rings. The molecule has 1 unspecified atom stereocenters. The van der Waals surface area contributed by atoms with E-state index in [1.165, 1.54) is 28.6 Å². The number of benzene rings is 2. The average Bonchev–Trinajstić information content (AvgIpc) is 2.84. The van der Waals surface area contributed by atoms with Gasteiger partial charge in [-0.1, -0.05) is 35.4 Å². The van der Waals surface area contributed by atoms with E-state index in [1.807, 2.05) is 31.2 Å². The molecule has 6 nitrogen and oxygen atoms in total. The number of hydrogen-bond acceptors (Lipinski definition) is 3. The molecule has 22 heavy (non-hydrogen) atoms. The van der Waals surface area contributed by atoms with E-state index >= 15 is 0 Å². The van der Waals surface area contributed by atoms with Gasteiger partial charge in [0, 0.05) is 16.6 Å². The van der Waals surface area contributed by atoms with Crippen LogP contribution >= 0.6 is 0 Å². The molecular weight excluding hydrogens is 300 g/mol. The molecule has 1 atom stereocenters. The van der Waals surface area contributed by atoms with Crippen molar-refractivity contribution in [3.05, 3.63) is 64.5 Å². The molecule has 0 N–H and O–H groups in total. The number of nitrogens with zero attached hydrogens (tertiary/aromatic N) is 4. The van der Waals surface area contributed by atoms with Crippen LogP contribution in [0.15, 0.2) is 58.5 Å². The summed E-state index contributed by atoms with van der Waals surface area (Å²) in [5, 5.41) is 3.45. The van der Waals surface area contributed by atoms with Crippen LogP contribution in [-0.2, 0) is 16.4 Å². The molecule has 0 saturated carbocycles. The van der Waals surface area contributed by atoms with Crippen LogP contribution in [0.1, 0.15) is 12.5 Å². The van der Waals surface area contributed by atoms with Gasteiger partial charge in [-0.2, -0.15) is 0 Å². The molecule has 112 valence electrons. The van der Waals surface area contributed by atoms with E-state index in [9.17, 15) is 8.42 Å². The zero-order valence-corrected chi connectivity index (χ0v) is 12.7. The SMILES string of the molecule is CC1Cc2ccccc2N1S(=O)(=O)c1ccc(N=[N+]=[N-])cc1. The molecule has 0 amide bonds. The van der Waals surface area contributed by atoms with E-state index in [0.717, 1.165) is 11.3 Å². The van der Waals surface area contributed by atoms with Gasteiger partial charge < -0.3 is 0 Å². The predicted octanol–water partition coefficient (Wildman–Crippen LogP) is 3.77. The minimum atomic E-state index is -3.63. The lowest BCUT2D eigenvalue weighted by Crippen LogP contribution is -2.35. The minimum Gasteiger partial charge on any atom is -0.263 e. The molecule has 1 aliphatic rings. The Morgan fingerprint density at radius 1 is 1.18 bits per heavy atom. The van der Waals surface area contributed by atoms with Crippen molar-refractivity contribution in [2.75, 3.05) is 4.31 Å². The normalized spacial score (nSPS) is 17.0. The van der Waals surface area contributed by atoms with Crippen molar-refractivity contribution in [1.29, 1.82) is 0 Å². The summed E-state index contributed by atoms with van der Waals surface area (Å²) in [7, 11) is -3.63. The molecule has 1 heterocycles. The highest BCUT2D eigenvalue weighted by molar-refractivity contribution is 7.92. The molecule has 3 rings (SSSR count). The summed E-state index contributed by atoms with van der Waals surface area (Å²) in [4.78, 5) is 2.87. The molecule has 2 aromatic rings. The quantitative estimate of drug-likeness (QED) is 0.490. The van der Waals surface area contributed by atoms with Crippen LogP contribution in [0.3, 0.4) is 0 Å². The second kappa shape index (κ2) is 5.36. The lowest BCUT2D eigenvalue weighted by molar-refractivity contribution is 0.584. The van der Waals surface area contributed by atoms with Gasteiger partial charge in [-0.05, 0) is 42.6 Å². The Labute approximate surface area is 128 Å². The Morgan fingerprint density at radius 3 is 2.55 bits per heavy atom. The molecule has 0 aliphatic carbocycles. The molecule has 2 aromatic carbocycles. The highest BCUT2D eigenvalue weighted by Gasteiger charge is 2.35. The van der Waals surface area contributed by atoms with E-state index in [2.05, 4.69) is 10.0 Å². The van der Waals surface area contributed by atoms with Gasteiger partial charge in [0.05, 0.1) is 10.6 Å². The first-order chi connectivity index (χ1) is 10.5. The summed E-state index contributed by atoms with van der Waals surface area (Å²) in [6.07, 6.45) is 0.701. The summed E-state index contributed by atoms with van der Waals surface area (Å²) in [5.41, 5.74) is 10.5. The Balaban J connectivity index is 2.05. The van der Waals surface area contributed by atoms with Crippen LogP contribution in [0, 0.1) is 0 Å². The van der Waals surface area contributed by atoms with Gasteiger partial charge in [-0.15, -0.1) is 0 Å². The highest BCUT2D eigenvalue weighted by Crippen LogP contribution is 2.36. The summed E-state index contributed by atoms with van der Waals surface area (Å²) in [6.45, 7) is 1.89. The zero-order valence-electron chi connectivity index (χ0n) is 11.9. The van der Waals surface area contributed by atoms with Crippen LogP contribution in [-0.4, -0.2) is 14.5 Å². The Bertz CT molecular complexity index is 855. The van der Waals surface area contributed by atoms with Crippen LogP contribution in [0.2, 0.25) is 0 Å². The third-order valence-electron chi connectivity index (χ3n) is 3.70. The second-order valence-corrected chi connectivity index (χ2v) is 6.98. The molecule has 0 spiro atoms. The first kappa shape index (κ1) is 14.4. The predicted molar refractivity (Wildman–Crippen MR) is 84.5 cm³/mol. The fourth-order valence-corrected chi connectivity index (χ4v) is 4.45. The van der Waals surface area contributed by atoms with Gasteiger partial charge in [0.2, 0.25) is 0 Å². The maximum absolute atomic E-state index is 12.9. The van der Waals surface area contributed by atoms with Crippen molar-refractivity contribution < 1.29 is 8.42 Å². The number of sulfonamides is 1. The molecule has 0 saturated heterocycles. The second-order valence-electron chi connectivity index (χ2n) is 5.17. The molecule has 0 bridgehead atoms. The Morgan fingerprint density at radius 2 is 1.86 bits per heavy atom. The van der Waals surface area contributed by atoms with E-state index < -0.39 is 10.0 Å². The van der Waals surface area contributed by atoms with Crippen molar-refractivity contribution in [3.8, 4) is 0 Å². The third-order valence-corrected chi connectivity index (χ3v) is 5.64. The van der Waals surface area contributed by atoms with Crippen LogP contribution in [0.25, 0.3) is 10.4 Å². The van der Waals surface area contributed by atoms with Crippen LogP contribution < -0.4 is 4.31 Å². The summed E-state index contributed by atoms with van der Waals surface area (Å²) >= 11 is 0. The number of hydrogen-bond donors (Lipinski definition) is 0. The van der Waals surface area contributed by atoms with Gasteiger partial charge in [0.25, 0.3) is 10.0 Å². The fraction of sp³-hybridized carbons (Fsp3) is 0.200. The minimum absolute atomic E-state index is 0.126. The lowest BCUT2D eigenvalue weighted by Gasteiger charge is -2.24. The number of para-hydroxylation sites is 1. The summed E-state index contributed by atoms with van der Waals surface area (Å²) in [6, 6.07) is 13.3. The molecule has 1 aliphatic heterocycles. The first-order valence-corrected chi connectivity index (χ1v) is 8.25. The van der Waals surface area contributed by atoms with E-state index in [1.54, 1.807) is 0 Å². The number of anilines is 1. The highest BCUT2D eigenvalue weighted by atomic mass is 32.2. The number of fused-ring (bicyclic) bond motifs is 1. The third kappa shape index (κ3) is 2.30. The topological polar surface area (TPSA) is 86.1 Å². The van der Waals surface area contributed by atoms with Crippen LogP contribution in [0.5, 0.6) is 0 Å². The van der Waals surface area contributed by atoms with Crippen molar-refractivity contribution in [2.45, 2.75) is 24.3 Å².